The highest BCUT2D eigenvalue weighted by Crippen LogP contribution is 2.18. The summed E-state index contributed by atoms with van der Waals surface area (Å²) >= 11 is 0. The summed E-state index contributed by atoms with van der Waals surface area (Å²) in [5.74, 6) is 1.74. The molecule has 17 heavy (non-hydrogen) atoms. The summed E-state index contributed by atoms with van der Waals surface area (Å²) in [7, 11) is -3.78. The zero-order chi connectivity index (χ0) is 12.9. The minimum atomic E-state index is -3.78. The molecule has 1 rings (SSSR count). The van der Waals surface area contributed by atoms with Crippen LogP contribution in [-0.2, 0) is 10.0 Å². The molecule has 0 aliphatic heterocycles. The molecular weight excluding hydrogens is 243 g/mol. The smallest absolute Gasteiger partial charge is 0.242 e. The lowest BCUT2D eigenvalue weighted by molar-refractivity contribution is 0.576. The van der Waals surface area contributed by atoms with Crippen molar-refractivity contribution < 1.29 is 12.8 Å². The molecule has 1 aromatic carbocycles. The molecule has 0 aromatic heterocycles. The average molecular weight is 256 g/mol. The topological polar surface area (TPSA) is 72.2 Å². The summed E-state index contributed by atoms with van der Waals surface area (Å²) < 4.78 is 38.8. The Kier molecular flexibility index (Phi) is 4.49. The second kappa shape index (κ2) is 5.66. The number of terminal acetylenes is 1. The largest absolute Gasteiger partial charge is 0.398 e. The molecule has 0 saturated carbocycles. The average Bonchev–Trinajstić information content (AvgIpc) is 2.28. The molecule has 3 N–H and O–H groups in total. The van der Waals surface area contributed by atoms with E-state index in [2.05, 4.69) is 10.6 Å². The molecule has 0 spiro atoms. The van der Waals surface area contributed by atoms with Gasteiger partial charge in [-0.2, -0.15) is 0 Å². The third kappa shape index (κ3) is 3.73. The molecule has 0 atom stereocenters. The van der Waals surface area contributed by atoms with Crippen molar-refractivity contribution in [1.29, 1.82) is 0 Å². The van der Waals surface area contributed by atoms with Gasteiger partial charge in [0, 0.05) is 13.0 Å². The lowest BCUT2D eigenvalue weighted by Crippen LogP contribution is -2.25. The van der Waals surface area contributed by atoms with Crippen molar-refractivity contribution in [1.82, 2.24) is 4.72 Å². The van der Waals surface area contributed by atoms with Crippen molar-refractivity contribution >= 4 is 15.7 Å². The van der Waals surface area contributed by atoms with Gasteiger partial charge in [-0.25, -0.2) is 17.5 Å². The van der Waals surface area contributed by atoms with Crippen molar-refractivity contribution in [2.75, 3.05) is 12.3 Å². The molecule has 0 aliphatic carbocycles. The maximum absolute atomic E-state index is 12.9. The maximum Gasteiger partial charge on any atom is 0.242 e. The maximum atomic E-state index is 12.9. The van der Waals surface area contributed by atoms with E-state index < -0.39 is 15.8 Å². The van der Waals surface area contributed by atoms with Crippen LogP contribution in [0.4, 0.5) is 10.1 Å². The van der Waals surface area contributed by atoms with Crippen LogP contribution < -0.4 is 10.5 Å². The molecule has 0 amide bonds. The van der Waals surface area contributed by atoms with E-state index in [1.54, 1.807) is 0 Å². The first-order chi connectivity index (χ1) is 7.97. The van der Waals surface area contributed by atoms with E-state index >= 15 is 0 Å². The van der Waals surface area contributed by atoms with Crippen LogP contribution in [0.5, 0.6) is 0 Å². The van der Waals surface area contributed by atoms with Gasteiger partial charge in [-0.1, -0.05) is 0 Å². The molecule has 92 valence electrons. The molecule has 0 fully saturated rings. The highest BCUT2D eigenvalue weighted by atomic mass is 32.2. The Labute approximate surface area is 100 Å². The first-order valence-corrected chi connectivity index (χ1v) is 6.44. The number of rotatable bonds is 5. The zero-order valence-corrected chi connectivity index (χ0v) is 9.93. The number of nitrogens with one attached hydrogen (secondary N) is 1. The third-order valence-corrected chi connectivity index (χ3v) is 3.57. The van der Waals surface area contributed by atoms with Gasteiger partial charge in [-0.05, 0) is 24.6 Å². The molecule has 6 heteroatoms. The van der Waals surface area contributed by atoms with Crippen LogP contribution in [0.25, 0.3) is 0 Å². The van der Waals surface area contributed by atoms with Gasteiger partial charge in [-0.3, -0.25) is 0 Å². The molecule has 4 nitrogen and oxygen atoms in total. The number of hydrogen-bond acceptors (Lipinski definition) is 3. The van der Waals surface area contributed by atoms with E-state index in [0.717, 1.165) is 12.1 Å². The number of sulfonamides is 1. The number of unbranched alkanes of at least 4 members (excludes halogenated alkanes) is 1. The fourth-order valence-corrected chi connectivity index (χ4v) is 2.43. The number of halogens is 1. The summed E-state index contributed by atoms with van der Waals surface area (Å²) in [4.78, 5) is -0.252. The van der Waals surface area contributed by atoms with Crippen LogP contribution in [0.2, 0.25) is 0 Å². The SMILES string of the molecule is C#CCCCNS(=O)(=O)c1cc(F)ccc1N. The Hall–Kier alpha value is -1.58. The quantitative estimate of drug-likeness (QED) is 0.471. The van der Waals surface area contributed by atoms with Crippen LogP contribution in [0.3, 0.4) is 0 Å². The van der Waals surface area contributed by atoms with Crippen LogP contribution >= 0.6 is 0 Å². The van der Waals surface area contributed by atoms with E-state index in [-0.39, 0.29) is 17.1 Å². The second-order valence-corrected chi connectivity index (χ2v) is 5.12. The van der Waals surface area contributed by atoms with Crippen molar-refractivity contribution in [3.05, 3.63) is 24.0 Å². The van der Waals surface area contributed by atoms with E-state index in [9.17, 15) is 12.8 Å². The van der Waals surface area contributed by atoms with Crippen molar-refractivity contribution in [3.8, 4) is 12.3 Å². The number of anilines is 1. The zero-order valence-electron chi connectivity index (χ0n) is 9.11. The fraction of sp³-hybridized carbons (Fsp3) is 0.273. The van der Waals surface area contributed by atoms with E-state index in [0.29, 0.717) is 12.8 Å². The van der Waals surface area contributed by atoms with Crippen LogP contribution in [0, 0.1) is 18.2 Å². The number of benzene rings is 1. The van der Waals surface area contributed by atoms with Gasteiger partial charge >= 0.3 is 0 Å². The number of nitrogens with two attached hydrogens (primary N) is 1. The highest BCUT2D eigenvalue weighted by Gasteiger charge is 2.17. The van der Waals surface area contributed by atoms with Gasteiger partial charge in [0.15, 0.2) is 0 Å². The molecule has 0 bridgehead atoms. The van der Waals surface area contributed by atoms with Gasteiger partial charge in [0.1, 0.15) is 10.7 Å². The van der Waals surface area contributed by atoms with Gasteiger partial charge in [0.2, 0.25) is 10.0 Å². The lowest BCUT2D eigenvalue weighted by atomic mass is 10.3. The first-order valence-electron chi connectivity index (χ1n) is 4.95. The molecule has 0 radical (unpaired) electrons. The normalized spacial score (nSPS) is 11.1. The summed E-state index contributed by atoms with van der Waals surface area (Å²) in [6.07, 6.45) is 6.03. The lowest BCUT2D eigenvalue weighted by Gasteiger charge is -2.08. The van der Waals surface area contributed by atoms with Gasteiger partial charge in [0.05, 0.1) is 5.69 Å². The molecule has 0 saturated heterocycles. The van der Waals surface area contributed by atoms with Crippen molar-refractivity contribution in [2.24, 2.45) is 0 Å². The molecule has 0 aliphatic rings. The molecular formula is C11H13FN2O2S. The highest BCUT2D eigenvalue weighted by molar-refractivity contribution is 7.89. The Morgan fingerprint density at radius 1 is 1.47 bits per heavy atom. The minimum Gasteiger partial charge on any atom is -0.398 e. The first kappa shape index (κ1) is 13.5. The fourth-order valence-electron chi connectivity index (χ4n) is 1.22. The van der Waals surface area contributed by atoms with E-state index in [4.69, 9.17) is 12.2 Å². The standard InChI is InChI=1S/C11H13FN2O2S/c1-2-3-4-7-14-17(15,16)11-8-9(12)5-6-10(11)13/h1,5-6,8,14H,3-4,7,13H2. The van der Waals surface area contributed by atoms with E-state index in [1.165, 1.54) is 6.07 Å². The third-order valence-electron chi connectivity index (χ3n) is 2.06. The minimum absolute atomic E-state index is 0.0100. The predicted octanol–water partition coefficient (Wildman–Crippen LogP) is 1.10. The Morgan fingerprint density at radius 2 is 2.18 bits per heavy atom. The Balaban J connectivity index is 2.83. The van der Waals surface area contributed by atoms with Crippen LogP contribution in [-0.4, -0.2) is 15.0 Å². The Bertz CT molecular complexity index is 535. The van der Waals surface area contributed by atoms with Crippen molar-refractivity contribution in [3.63, 3.8) is 0 Å². The molecule has 1 aromatic rings. The van der Waals surface area contributed by atoms with E-state index in [1.807, 2.05) is 0 Å². The molecule has 0 unspecified atom stereocenters. The van der Waals surface area contributed by atoms with Crippen LogP contribution in [0.15, 0.2) is 23.1 Å². The van der Waals surface area contributed by atoms with Crippen molar-refractivity contribution in [2.45, 2.75) is 17.7 Å². The summed E-state index contributed by atoms with van der Waals surface area (Å²) in [5.41, 5.74) is 5.50. The van der Waals surface area contributed by atoms with Gasteiger partial charge in [-0.15, -0.1) is 12.3 Å². The number of hydrogen-bond donors (Lipinski definition) is 2. The number of nitrogen functional groups attached to an aromatic ring is 1. The van der Waals surface area contributed by atoms with Gasteiger partial charge < -0.3 is 5.73 Å². The summed E-state index contributed by atoms with van der Waals surface area (Å²) in [5, 5.41) is 0. The Morgan fingerprint density at radius 3 is 2.82 bits per heavy atom. The predicted molar refractivity (Wildman–Crippen MR) is 64.1 cm³/mol. The van der Waals surface area contributed by atoms with Gasteiger partial charge in [0.25, 0.3) is 0 Å². The summed E-state index contributed by atoms with van der Waals surface area (Å²) in [6, 6.07) is 3.21. The van der Waals surface area contributed by atoms with Crippen LogP contribution in [0.1, 0.15) is 12.8 Å². The second-order valence-electron chi connectivity index (χ2n) is 3.39. The summed E-state index contributed by atoms with van der Waals surface area (Å²) in [6.45, 7) is 0.197. The monoisotopic (exact) mass is 256 g/mol. The molecule has 0 heterocycles.